The van der Waals surface area contributed by atoms with Crippen molar-refractivity contribution in [3.63, 3.8) is 0 Å². The van der Waals surface area contributed by atoms with Gasteiger partial charge in [0.2, 0.25) is 0 Å². The van der Waals surface area contributed by atoms with Crippen LogP contribution in [0.3, 0.4) is 0 Å². The van der Waals surface area contributed by atoms with Crippen molar-refractivity contribution < 1.29 is 14.6 Å². The first-order valence-corrected chi connectivity index (χ1v) is 7.07. The van der Waals surface area contributed by atoms with Crippen LogP contribution >= 0.6 is 0 Å². The first-order chi connectivity index (χ1) is 9.69. The number of benzene rings is 1. The Kier molecular flexibility index (Phi) is 7.69. The number of rotatable bonds is 10. The van der Waals surface area contributed by atoms with Crippen molar-refractivity contribution in [1.29, 1.82) is 0 Å². The van der Waals surface area contributed by atoms with Crippen LogP contribution in [0.1, 0.15) is 24.2 Å². The molecule has 1 aromatic carbocycles. The highest BCUT2D eigenvalue weighted by atomic mass is 16.5. The number of aromatic carboxylic acids is 1. The van der Waals surface area contributed by atoms with Gasteiger partial charge in [0.25, 0.3) is 0 Å². The van der Waals surface area contributed by atoms with Crippen LogP contribution < -0.4 is 10.1 Å². The minimum Gasteiger partial charge on any atom is -0.491 e. The fourth-order valence-corrected chi connectivity index (χ4v) is 1.90. The minimum absolute atomic E-state index is 0.204. The molecule has 1 aromatic rings. The molecule has 0 heterocycles. The van der Waals surface area contributed by atoms with E-state index in [1.165, 1.54) is 0 Å². The van der Waals surface area contributed by atoms with Gasteiger partial charge in [-0.15, -0.1) is 0 Å². The number of ether oxygens (including phenoxy) is 1. The van der Waals surface area contributed by atoms with Gasteiger partial charge in [-0.05, 0) is 25.2 Å². The van der Waals surface area contributed by atoms with Gasteiger partial charge in [0.15, 0.2) is 0 Å². The van der Waals surface area contributed by atoms with Crippen LogP contribution in [0, 0.1) is 0 Å². The Bertz CT molecular complexity index is 406. The Labute approximate surface area is 120 Å². The number of hydrogen-bond acceptors (Lipinski definition) is 4. The van der Waals surface area contributed by atoms with Crippen LogP contribution in [0.5, 0.6) is 5.75 Å². The summed E-state index contributed by atoms with van der Waals surface area (Å²) in [5.74, 6) is -0.541. The topological polar surface area (TPSA) is 61.8 Å². The van der Waals surface area contributed by atoms with Crippen LogP contribution in [0.25, 0.3) is 0 Å². The number of hydrogen-bond donors (Lipinski definition) is 2. The maximum Gasteiger partial charge on any atom is 0.339 e. The lowest BCUT2D eigenvalue weighted by Gasteiger charge is -2.18. The molecule has 5 nitrogen and oxygen atoms in total. The van der Waals surface area contributed by atoms with Crippen LogP contribution in [0.15, 0.2) is 24.3 Å². The van der Waals surface area contributed by atoms with Crippen molar-refractivity contribution >= 4 is 5.97 Å². The quantitative estimate of drug-likeness (QED) is 0.639. The molecule has 1 rings (SSSR count). The molecule has 2 N–H and O–H groups in total. The summed E-state index contributed by atoms with van der Waals surface area (Å²) in [7, 11) is 0. The summed E-state index contributed by atoms with van der Waals surface area (Å²) < 4.78 is 5.50. The highest BCUT2D eigenvalue weighted by molar-refractivity contribution is 5.90. The molecular formula is C15H24N2O3. The molecule has 0 saturated carbocycles. The number of carbonyl (C=O) groups is 1. The first kappa shape index (κ1) is 16.5. The zero-order chi connectivity index (χ0) is 14.8. The molecule has 0 aliphatic carbocycles. The zero-order valence-corrected chi connectivity index (χ0v) is 12.3. The first-order valence-electron chi connectivity index (χ1n) is 7.07. The van der Waals surface area contributed by atoms with Crippen molar-refractivity contribution in [3.05, 3.63) is 29.8 Å². The van der Waals surface area contributed by atoms with Gasteiger partial charge in [-0.3, -0.25) is 0 Å². The molecule has 0 spiro atoms. The van der Waals surface area contributed by atoms with E-state index in [0.29, 0.717) is 18.9 Å². The van der Waals surface area contributed by atoms with Crippen molar-refractivity contribution in [2.75, 3.05) is 39.3 Å². The SMILES string of the molecule is CCN(CC)CCNCCOc1ccccc1C(=O)O. The third-order valence-electron chi connectivity index (χ3n) is 3.15. The van der Waals surface area contributed by atoms with E-state index in [0.717, 1.165) is 26.2 Å². The van der Waals surface area contributed by atoms with E-state index < -0.39 is 5.97 Å². The predicted octanol–water partition coefficient (Wildman–Crippen LogP) is 1.69. The van der Waals surface area contributed by atoms with E-state index in [1.54, 1.807) is 24.3 Å². The van der Waals surface area contributed by atoms with E-state index >= 15 is 0 Å². The Hall–Kier alpha value is -1.59. The maximum atomic E-state index is 11.0. The van der Waals surface area contributed by atoms with Gasteiger partial charge in [-0.25, -0.2) is 4.79 Å². The number of para-hydroxylation sites is 1. The summed E-state index contributed by atoms with van der Waals surface area (Å²) >= 11 is 0. The van der Waals surface area contributed by atoms with Crippen LogP contribution in [0.4, 0.5) is 0 Å². The molecule has 0 amide bonds. The molecule has 5 heteroatoms. The molecule has 0 radical (unpaired) electrons. The number of carboxylic acids is 1. The van der Waals surface area contributed by atoms with Gasteiger partial charge in [-0.1, -0.05) is 26.0 Å². The minimum atomic E-state index is -0.963. The summed E-state index contributed by atoms with van der Waals surface area (Å²) in [6, 6.07) is 6.69. The number of nitrogens with one attached hydrogen (secondary N) is 1. The molecule has 112 valence electrons. The summed E-state index contributed by atoms with van der Waals surface area (Å²) in [6.07, 6.45) is 0. The average molecular weight is 280 g/mol. The molecule has 0 fully saturated rings. The zero-order valence-electron chi connectivity index (χ0n) is 12.3. The van der Waals surface area contributed by atoms with Crippen LogP contribution in [-0.2, 0) is 0 Å². The molecule has 0 aliphatic rings. The summed E-state index contributed by atoms with van der Waals surface area (Å²) in [5, 5.41) is 12.3. The summed E-state index contributed by atoms with van der Waals surface area (Å²) in [6.45, 7) is 9.49. The van der Waals surface area contributed by atoms with Gasteiger partial charge >= 0.3 is 5.97 Å². The predicted molar refractivity (Wildman–Crippen MR) is 79.6 cm³/mol. The lowest BCUT2D eigenvalue weighted by Crippen LogP contribution is -2.33. The van der Waals surface area contributed by atoms with E-state index in [2.05, 4.69) is 24.1 Å². The summed E-state index contributed by atoms with van der Waals surface area (Å²) in [4.78, 5) is 13.3. The fraction of sp³-hybridized carbons (Fsp3) is 0.533. The van der Waals surface area contributed by atoms with Gasteiger partial charge in [0.1, 0.15) is 17.9 Å². The molecule has 0 aromatic heterocycles. The van der Waals surface area contributed by atoms with E-state index in [-0.39, 0.29) is 5.56 Å². The van der Waals surface area contributed by atoms with E-state index in [9.17, 15) is 4.79 Å². The highest BCUT2D eigenvalue weighted by Gasteiger charge is 2.09. The molecule has 0 aliphatic heterocycles. The molecule has 0 unspecified atom stereocenters. The number of nitrogens with zero attached hydrogens (tertiary/aromatic N) is 1. The Morgan fingerprint density at radius 2 is 1.95 bits per heavy atom. The standard InChI is InChI=1S/C15H24N2O3/c1-3-17(4-2)11-9-16-10-12-20-14-8-6-5-7-13(14)15(18)19/h5-8,16H,3-4,9-12H2,1-2H3,(H,18,19). The third kappa shape index (κ3) is 5.59. The molecular weight excluding hydrogens is 256 g/mol. The molecule has 0 atom stereocenters. The molecule has 0 saturated heterocycles. The van der Waals surface area contributed by atoms with Crippen molar-refractivity contribution in [2.45, 2.75) is 13.8 Å². The van der Waals surface area contributed by atoms with E-state index in [4.69, 9.17) is 9.84 Å². The van der Waals surface area contributed by atoms with Gasteiger partial charge in [-0.2, -0.15) is 0 Å². The smallest absolute Gasteiger partial charge is 0.339 e. The summed E-state index contributed by atoms with van der Waals surface area (Å²) in [5.41, 5.74) is 0.204. The average Bonchev–Trinajstić information content (AvgIpc) is 2.47. The second-order valence-corrected chi connectivity index (χ2v) is 4.43. The van der Waals surface area contributed by atoms with Crippen LogP contribution in [-0.4, -0.2) is 55.3 Å². The number of likely N-dealkylation sites (N-methyl/N-ethyl adjacent to an activating group) is 1. The Morgan fingerprint density at radius 3 is 2.60 bits per heavy atom. The monoisotopic (exact) mass is 280 g/mol. The van der Waals surface area contributed by atoms with Gasteiger partial charge < -0.3 is 20.1 Å². The van der Waals surface area contributed by atoms with Crippen molar-refractivity contribution in [2.24, 2.45) is 0 Å². The van der Waals surface area contributed by atoms with E-state index in [1.807, 2.05) is 0 Å². The third-order valence-corrected chi connectivity index (χ3v) is 3.15. The highest BCUT2D eigenvalue weighted by Crippen LogP contribution is 2.17. The maximum absolute atomic E-state index is 11.0. The van der Waals surface area contributed by atoms with Crippen molar-refractivity contribution in [1.82, 2.24) is 10.2 Å². The van der Waals surface area contributed by atoms with Crippen molar-refractivity contribution in [3.8, 4) is 5.75 Å². The molecule has 20 heavy (non-hydrogen) atoms. The van der Waals surface area contributed by atoms with Crippen LogP contribution in [0.2, 0.25) is 0 Å². The van der Waals surface area contributed by atoms with Gasteiger partial charge in [0, 0.05) is 19.6 Å². The second kappa shape index (κ2) is 9.34. The lowest BCUT2D eigenvalue weighted by molar-refractivity contribution is 0.0692. The normalized spacial score (nSPS) is 10.8. The Morgan fingerprint density at radius 1 is 1.25 bits per heavy atom. The largest absolute Gasteiger partial charge is 0.491 e. The van der Waals surface area contributed by atoms with Gasteiger partial charge in [0.05, 0.1) is 0 Å². The number of carboxylic acid groups (broad SMARTS) is 1. The Balaban J connectivity index is 2.23. The second-order valence-electron chi connectivity index (χ2n) is 4.43. The fourth-order valence-electron chi connectivity index (χ4n) is 1.90. The lowest BCUT2D eigenvalue weighted by atomic mass is 10.2. The molecule has 0 bridgehead atoms.